The maximum atomic E-state index is 9.49. The first kappa shape index (κ1) is 23.9. The van der Waals surface area contributed by atoms with E-state index in [2.05, 4.69) is 95.6 Å². The summed E-state index contributed by atoms with van der Waals surface area (Å²) in [4.78, 5) is 1.91. The highest BCUT2D eigenvalue weighted by Gasteiger charge is 2.21. The molecule has 1 aromatic heterocycles. The summed E-state index contributed by atoms with van der Waals surface area (Å²) in [7, 11) is 0. The molecule has 0 bridgehead atoms. The predicted molar refractivity (Wildman–Crippen MR) is 204 cm³/mol. The number of hydrogen-bond donors (Lipinski definition) is 0. The van der Waals surface area contributed by atoms with Crippen molar-refractivity contribution in [2.75, 3.05) is 4.90 Å². The topological polar surface area (TPSA) is 8.17 Å². The maximum Gasteiger partial charge on any atom is 0.0645 e. The van der Waals surface area contributed by atoms with E-state index < -0.39 is 0 Å². The highest BCUT2D eigenvalue weighted by molar-refractivity contribution is 6.17. The summed E-state index contributed by atoms with van der Waals surface area (Å²) >= 11 is 0. The molecule has 48 heavy (non-hydrogen) atoms. The molecule has 0 saturated heterocycles. The Morgan fingerprint density at radius 2 is 1.08 bits per heavy atom. The monoisotopic (exact) mass is 616 g/mol. The average molecular weight is 617 g/mol. The van der Waals surface area contributed by atoms with Gasteiger partial charge in [-0.25, -0.2) is 0 Å². The van der Waals surface area contributed by atoms with Crippen LogP contribution in [0.5, 0.6) is 0 Å². The zero-order valence-corrected chi connectivity index (χ0v) is 26.1. The van der Waals surface area contributed by atoms with Crippen molar-refractivity contribution in [3.05, 3.63) is 194 Å². The molecule has 2 nitrogen and oxygen atoms in total. The van der Waals surface area contributed by atoms with Gasteiger partial charge in [0, 0.05) is 33.4 Å². The van der Waals surface area contributed by atoms with Crippen molar-refractivity contribution in [2.24, 2.45) is 0 Å². The molecule has 0 fully saturated rings. The van der Waals surface area contributed by atoms with Gasteiger partial charge in [-0.3, -0.25) is 0 Å². The lowest BCUT2D eigenvalue weighted by atomic mass is 9.96. The van der Waals surface area contributed by atoms with E-state index in [0.29, 0.717) is 5.56 Å². The normalized spacial score (nSPS) is 12.5. The van der Waals surface area contributed by atoms with Crippen LogP contribution in [0.25, 0.3) is 60.5 Å². The molecule has 9 rings (SSSR count). The highest BCUT2D eigenvalue weighted by Crippen LogP contribution is 2.45. The second-order valence-corrected chi connectivity index (χ2v) is 11.9. The van der Waals surface area contributed by atoms with E-state index in [-0.39, 0.29) is 35.4 Å². The minimum Gasteiger partial charge on any atom is -0.310 e. The van der Waals surface area contributed by atoms with E-state index in [1.165, 1.54) is 0 Å². The van der Waals surface area contributed by atoms with Crippen LogP contribution in [0.2, 0.25) is 0 Å². The lowest BCUT2D eigenvalue weighted by molar-refractivity contribution is 1.18. The SMILES string of the molecule is [2H]c1c([2H])c(N(c2ccc3ccccc3c2)c2ccccc2-c2cccc3c2c2ccccc2n3-c2ccccc2)c([2H])c([2H])c1-c1ccccc1. The van der Waals surface area contributed by atoms with Crippen LogP contribution in [0.3, 0.4) is 0 Å². The van der Waals surface area contributed by atoms with Gasteiger partial charge < -0.3 is 9.47 Å². The zero-order chi connectivity index (χ0) is 35.3. The minimum atomic E-state index is -0.110. The quantitative estimate of drug-likeness (QED) is 0.180. The number of para-hydroxylation sites is 3. The fourth-order valence-corrected chi connectivity index (χ4v) is 6.87. The first-order valence-electron chi connectivity index (χ1n) is 18.1. The number of anilines is 3. The minimum absolute atomic E-state index is 0.0847. The van der Waals surface area contributed by atoms with E-state index in [0.717, 1.165) is 60.8 Å². The van der Waals surface area contributed by atoms with E-state index >= 15 is 0 Å². The lowest BCUT2D eigenvalue weighted by Gasteiger charge is -2.28. The molecule has 0 radical (unpaired) electrons. The zero-order valence-electron chi connectivity index (χ0n) is 30.1. The van der Waals surface area contributed by atoms with Gasteiger partial charge >= 0.3 is 0 Å². The van der Waals surface area contributed by atoms with Crippen molar-refractivity contribution in [3.63, 3.8) is 0 Å². The molecule has 0 spiro atoms. The van der Waals surface area contributed by atoms with Gasteiger partial charge in [-0.2, -0.15) is 0 Å². The van der Waals surface area contributed by atoms with Crippen LogP contribution in [-0.2, 0) is 0 Å². The van der Waals surface area contributed by atoms with Gasteiger partial charge in [-0.05, 0) is 82.0 Å². The Bertz CT molecular complexity index is 2760. The Kier molecular flexibility index (Phi) is 5.85. The van der Waals surface area contributed by atoms with Crippen molar-refractivity contribution < 1.29 is 5.48 Å². The molecule has 226 valence electrons. The van der Waals surface area contributed by atoms with Crippen molar-refractivity contribution in [3.8, 4) is 27.9 Å². The fraction of sp³-hybridized carbons (Fsp3) is 0. The predicted octanol–water partition coefficient (Wildman–Crippen LogP) is 12.7. The summed E-state index contributed by atoms with van der Waals surface area (Å²) in [6, 6.07) is 56.3. The summed E-state index contributed by atoms with van der Waals surface area (Å²) in [6.07, 6.45) is 0. The maximum absolute atomic E-state index is 9.49. The molecule has 0 unspecified atom stereocenters. The van der Waals surface area contributed by atoms with Gasteiger partial charge in [0.15, 0.2) is 0 Å². The van der Waals surface area contributed by atoms with Gasteiger partial charge in [0.25, 0.3) is 0 Å². The average Bonchev–Trinajstić information content (AvgIpc) is 3.54. The van der Waals surface area contributed by atoms with Gasteiger partial charge in [-0.1, -0.05) is 139 Å². The number of hydrogen-bond acceptors (Lipinski definition) is 1. The summed E-state index contributed by atoms with van der Waals surface area (Å²) in [6.45, 7) is 0. The second kappa shape index (κ2) is 11.8. The molecule has 2 heteroatoms. The van der Waals surface area contributed by atoms with Crippen molar-refractivity contribution in [1.29, 1.82) is 0 Å². The Labute approximate surface area is 286 Å². The molecular weight excluding hydrogens is 581 g/mol. The Balaban J connectivity index is 1.35. The van der Waals surface area contributed by atoms with Crippen LogP contribution < -0.4 is 4.90 Å². The Morgan fingerprint density at radius 1 is 0.438 bits per heavy atom. The van der Waals surface area contributed by atoms with E-state index in [1.807, 2.05) is 83.8 Å². The number of fused-ring (bicyclic) bond motifs is 4. The Hall–Kier alpha value is -6.38. The third-order valence-electron chi connectivity index (χ3n) is 9.04. The number of benzene rings is 8. The Morgan fingerprint density at radius 3 is 1.92 bits per heavy atom. The summed E-state index contributed by atoms with van der Waals surface area (Å²) in [5.74, 6) is 0. The molecular formula is C46H32N2. The van der Waals surface area contributed by atoms with Crippen LogP contribution >= 0.6 is 0 Å². The standard InChI is InChI=1S/C46H32N2/c1-3-14-33(15-4-1)35-26-29-38(30-27-35)47(39-31-28-34-16-7-8-17-36(34)32-39)43-23-11-9-20-40(43)41-22-13-25-45-46(41)42-21-10-12-24-44(42)48(45)37-18-5-2-6-19-37/h1-32H/i26D,27D,29D,30D. The van der Waals surface area contributed by atoms with E-state index in [1.54, 1.807) is 0 Å². The van der Waals surface area contributed by atoms with Crippen LogP contribution in [0, 0.1) is 0 Å². The lowest BCUT2D eigenvalue weighted by Crippen LogP contribution is -2.11. The van der Waals surface area contributed by atoms with Crippen LogP contribution in [-0.4, -0.2) is 4.57 Å². The van der Waals surface area contributed by atoms with Crippen LogP contribution in [0.15, 0.2) is 194 Å². The molecule has 0 aliphatic rings. The first-order chi connectivity index (χ1) is 25.5. The van der Waals surface area contributed by atoms with Crippen LogP contribution in [0.4, 0.5) is 17.1 Å². The molecule has 1 heterocycles. The van der Waals surface area contributed by atoms with Crippen molar-refractivity contribution in [2.45, 2.75) is 0 Å². The molecule has 0 N–H and O–H groups in total. The number of nitrogens with zero attached hydrogens (tertiary/aromatic N) is 2. The van der Waals surface area contributed by atoms with Gasteiger partial charge in [0.1, 0.15) is 0 Å². The number of aromatic nitrogens is 1. The van der Waals surface area contributed by atoms with Gasteiger partial charge in [0.05, 0.1) is 22.2 Å². The number of rotatable bonds is 6. The third kappa shape index (κ3) is 4.74. The molecule has 0 saturated carbocycles. The molecule has 0 atom stereocenters. The van der Waals surface area contributed by atoms with E-state index in [4.69, 9.17) is 0 Å². The molecule has 9 aromatic rings. The summed E-state index contributed by atoms with van der Waals surface area (Å²) in [5.41, 5.74) is 7.73. The van der Waals surface area contributed by atoms with E-state index in [9.17, 15) is 5.48 Å². The second-order valence-electron chi connectivity index (χ2n) is 11.9. The first-order valence-corrected chi connectivity index (χ1v) is 16.1. The third-order valence-corrected chi connectivity index (χ3v) is 9.04. The highest BCUT2D eigenvalue weighted by atomic mass is 15.1. The summed E-state index contributed by atoms with van der Waals surface area (Å²) < 4.78 is 39.8. The van der Waals surface area contributed by atoms with Gasteiger partial charge in [0.2, 0.25) is 0 Å². The fourth-order valence-electron chi connectivity index (χ4n) is 6.87. The van der Waals surface area contributed by atoms with Crippen molar-refractivity contribution in [1.82, 2.24) is 4.57 Å². The molecule has 0 amide bonds. The smallest absolute Gasteiger partial charge is 0.0645 e. The molecule has 8 aromatic carbocycles. The van der Waals surface area contributed by atoms with Crippen LogP contribution in [0.1, 0.15) is 5.48 Å². The van der Waals surface area contributed by atoms with Crippen molar-refractivity contribution >= 4 is 49.6 Å². The summed E-state index contributed by atoms with van der Waals surface area (Å²) in [5, 5.41) is 4.27. The molecule has 0 aliphatic carbocycles. The molecule has 0 aliphatic heterocycles. The largest absolute Gasteiger partial charge is 0.310 e. The van der Waals surface area contributed by atoms with Gasteiger partial charge in [-0.15, -0.1) is 0 Å².